The molecule has 0 radical (unpaired) electrons. The van der Waals surface area contributed by atoms with Crippen LogP contribution in [0.5, 0.6) is 0 Å². The Labute approximate surface area is 141 Å². The van der Waals surface area contributed by atoms with E-state index < -0.39 is 17.7 Å². The highest BCUT2D eigenvalue weighted by Crippen LogP contribution is 2.31. The summed E-state index contributed by atoms with van der Waals surface area (Å²) in [6.45, 7) is 2.14. The van der Waals surface area contributed by atoms with E-state index in [1.54, 1.807) is 11.5 Å². The average Bonchev–Trinajstić information content (AvgIpc) is 2.93. The lowest BCUT2D eigenvalue weighted by Gasteiger charge is -2.10. The molecular weight excluding hydrogens is 333 g/mol. The Morgan fingerprint density at radius 3 is 2.56 bits per heavy atom. The van der Waals surface area contributed by atoms with Crippen LogP contribution in [0.2, 0.25) is 0 Å². The first kappa shape index (κ1) is 17.0. The van der Waals surface area contributed by atoms with E-state index in [1.807, 2.05) is 30.3 Å². The van der Waals surface area contributed by atoms with Crippen LogP contribution in [0.15, 0.2) is 48.7 Å². The van der Waals surface area contributed by atoms with Crippen molar-refractivity contribution >= 4 is 17.0 Å². The first-order chi connectivity index (χ1) is 11.9. The number of alkyl halides is 3. The fraction of sp³-hybridized carbons (Fsp3) is 0.222. The van der Waals surface area contributed by atoms with Crippen molar-refractivity contribution in [3.05, 3.63) is 65.5 Å². The molecule has 7 heteroatoms. The zero-order valence-electron chi connectivity index (χ0n) is 13.4. The average molecular weight is 348 g/mol. The van der Waals surface area contributed by atoms with Gasteiger partial charge in [0.15, 0.2) is 0 Å². The summed E-state index contributed by atoms with van der Waals surface area (Å²) >= 11 is 0. The topological polar surface area (TPSA) is 44.1 Å². The number of nitrogens with zero attached hydrogens (tertiary/aromatic N) is 2. The third kappa shape index (κ3) is 3.50. The van der Waals surface area contributed by atoms with Crippen molar-refractivity contribution in [2.24, 2.45) is 0 Å². The molecule has 0 atom stereocenters. The van der Waals surface area contributed by atoms with E-state index in [9.17, 15) is 18.0 Å². The summed E-state index contributed by atoms with van der Waals surface area (Å²) < 4.78 is 45.3. The lowest BCUT2D eigenvalue weighted by molar-refractivity contribution is -0.137. The fourth-order valence-electron chi connectivity index (χ4n) is 2.60. The molecular formula is C18H15F3N2O2. The van der Waals surface area contributed by atoms with Gasteiger partial charge in [-0.15, -0.1) is 0 Å². The normalized spacial score (nSPS) is 11.7. The summed E-state index contributed by atoms with van der Waals surface area (Å²) in [4.78, 5) is 16.2. The molecule has 3 rings (SSSR count). The Morgan fingerprint density at radius 1 is 1.20 bits per heavy atom. The summed E-state index contributed by atoms with van der Waals surface area (Å²) in [7, 11) is 0. The molecule has 2 heterocycles. The third-order valence-electron chi connectivity index (χ3n) is 3.73. The van der Waals surface area contributed by atoms with Crippen molar-refractivity contribution in [3.8, 4) is 0 Å². The van der Waals surface area contributed by atoms with Gasteiger partial charge in [0.2, 0.25) is 0 Å². The van der Waals surface area contributed by atoms with E-state index in [1.165, 1.54) is 6.07 Å². The second-order valence-corrected chi connectivity index (χ2v) is 5.46. The number of hydrogen-bond donors (Lipinski definition) is 0. The maximum absolute atomic E-state index is 12.9. The number of aromatic nitrogens is 2. The van der Waals surface area contributed by atoms with E-state index in [2.05, 4.69) is 4.98 Å². The highest BCUT2D eigenvalue weighted by atomic mass is 19.4. The SMILES string of the molecule is CCOC(=O)c1cc2cc(C(F)(F)F)cnc2n1Cc1ccccc1. The molecule has 130 valence electrons. The summed E-state index contributed by atoms with van der Waals surface area (Å²) in [5.74, 6) is -0.593. The number of fused-ring (bicyclic) bond motifs is 1. The van der Waals surface area contributed by atoms with Gasteiger partial charge in [0.05, 0.1) is 12.2 Å². The molecule has 25 heavy (non-hydrogen) atoms. The summed E-state index contributed by atoms with van der Waals surface area (Å²) in [5.41, 5.74) is 0.520. The molecule has 0 aliphatic carbocycles. The van der Waals surface area contributed by atoms with Gasteiger partial charge in [0.1, 0.15) is 11.3 Å². The quantitative estimate of drug-likeness (QED) is 0.661. The van der Waals surface area contributed by atoms with Crippen molar-refractivity contribution < 1.29 is 22.7 Å². The lowest BCUT2D eigenvalue weighted by atomic mass is 10.2. The van der Waals surface area contributed by atoms with Crippen molar-refractivity contribution in [2.75, 3.05) is 6.61 Å². The van der Waals surface area contributed by atoms with Crippen molar-refractivity contribution in [3.63, 3.8) is 0 Å². The van der Waals surface area contributed by atoms with E-state index in [0.717, 1.165) is 17.8 Å². The standard InChI is InChI=1S/C18H15F3N2O2/c1-2-25-17(24)15-9-13-8-14(18(19,20)21)10-22-16(13)23(15)11-12-6-4-3-5-7-12/h3-10H,2,11H2,1H3. The number of esters is 1. The minimum Gasteiger partial charge on any atom is -0.461 e. The lowest BCUT2D eigenvalue weighted by Crippen LogP contribution is -2.13. The number of hydrogen-bond acceptors (Lipinski definition) is 3. The second-order valence-electron chi connectivity index (χ2n) is 5.46. The maximum Gasteiger partial charge on any atom is 0.417 e. The minimum atomic E-state index is -4.49. The van der Waals surface area contributed by atoms with Gasteiger partial charge < -0.3 is 9.30 Å². The Kier molecular flexibility index (Phi) is 4.48. The predicted octanol–water partition coefficient (Wildman–Crippen LogP) is 4.28. The molecule has 0 unspecified atom stereocenters. The molecule has 0 N–H and O–H groups in total. The number of rotatable bonds is 4. The van der Waals surface area contributed by atoms with Crippen LogP contribution in [0.3, 0.4) is 0 Å². The molecule has 0 aliphatic heterocycles. The predicted molar refractivity (Wildman–Crippen MR) is 86.2 cm³/mol. The molecule has 2 aromatic heterocycles. The molecule has 0 aliphatic rings. The number of carbonyl (C=O) groups is 1. The van der Waals surface area contributed by atoms with Gasteiger partial charge in [-0.1, -0.05) is 30.3 Å². The van der Waals surface area contributed by atoms with Crippen LogP contribution in [0, 0.1) is 0 Å². The number of pyridine rings is 1. The third-order valence-corrected chi connectivity index (χ3v) is 3.73. The van der Waals surface area contributed by atoms with Gasteiger partial charge in [0.25, 0.3) is 0 Å². The highest BCUT2D eigenvalue weighted by molar-refractivity contribution is 5.94. The van der Waals surface area contributed by atoms with Crippen LogP contribution in [-0.2, 0) is 17.5 Å². The van der Waals surface area contributed by atoms with E-state index in [0.29, 0.717) is 12.2 Å². The first-order valence-electron chi connectivity index (χ1n) is 7.67. The number of ether oxygens (including phenoxy) is 1. The van der Waals surface area contributed by atoms with Crippen LogP contribution in [0.4, 0.5) is 13.2 Å². The monoisotopic (exact) mass is 348 g/mol. The van der Waals surface area contributed by atoms with Gasteiger partial charge in [-0.2, -0.15) is 13.2 Å². The Bertz CT molecular complexity index is 902. The molecule has 3 aromatic rings. The fourth-order valence-corrected chi connectivity index (χ4v) is 2.60. The van der Waals surface area contributed by atoms with Crippen LogP contribution in [0.25, 0.3) is 11.0 Å². The van der Waals surface area contributed by atoms with Gasteiger partial charge >= 0.3 is 12.1 Å². The summed E-state index contributed by atoms with van der Waals surface area (Å²) in [6, 6.07) is 11.7. The Balaban J connectivity index is 2.13. The maximum atomic E-state index is 12.9. The molecule has 0 amide bonds. The molecule has 0 saturated heterocycles. The zero-order chi connectivity index (χ0) is 18.0. The summed E-state index contributed by atoms with van der Waals surface area (Å²) in [5, 5.41) is 0.244. The first-order valence-corrected chi connectivity index (χ1v) is 7.67. The van der Waals surface area contributed by atoms with E-state index in [-0.39, 0.29) is 17.7 Å². The number of benzene rings is 1. The zero-order valence-corrected chi connectivity index (χ0v) is 13.4. The van der Waals surface area contributed by atoms with E-state index >= 15 is 0 Å². The molecule has 4 nitrogen and oxygen atoms in total. The van der Waals surface area contributed by atoms with Crippen molar-refractivity contribution in [1.29, 1.82) is 0 Å². The van der Waals surface area contributed by atoms with Crippen LogP contribution in [-0.4, -0.2) is 22.1 Å². The largest absolute Gasteiger partial charge is 0.461 e. The smallest absolute Gasteiger partial charge is 0.417 e. The van der Waals surface area contributed by atoms with Crippen molar-refractivity contribution in [2.45, 2.75) is 19.6 Å². The van der Waals surface area contributed by atoms with E-state index in [4.69, 9.17) is 4.74 Å². The van der Waals surface area contributed by atoms with Crippen LogP contribution < -0.4 is 0 Å². The summed E-state index contributed by atoms with van der Waals surface area (Å²) in [6.07, 6.45) is -3.72. The molecule has 0 spiro atoms. The Hall–Kier alpha value is -2.83. The number of halogens is 3. The molecule has 0 bridgehead atoms. The van der Waals surface area contributed by atoms with Gasteiger partial charge in [0, 0.05) is 18.1 Å². The number of carbonyl (C=O) groups excluding carboxylic acids is 1. The molecule has 1 aromatic carbocycles. The van der Waals surface area contributed by atoms with Gasteiger partial charge in [-0.25, -0.2) is 9.78 Å². The van der Waals surface area contributed by atoms with Crippen molar-refractivity contribution in [1.82, 2.24) is 9.55 Å². The second kappa shape index (κ2) is 6.58. The molecule has 0 saturated carbocycles. The van der Waals surface area contributed by atoms with Gasteiger partial charge in [-0.3, -0.25) is 0 Å². The Morgan fingerprint density at radius 2 is 1.92 bits per heavy atom. The molecule has 0 fully saturated rings. The van der Waals surface area contributed by atoms with Crippen LogP contribution >= 0.6 is 0 Å². The minimum absolute atomic E-state index is 0.174. The van der Waals surface area contributed by atoms with Gasteiger partial charge in [-0.05, 0) is 24.6 Å². The van der Waals surface area contributed by atoms with Crippen LogP contribution in [0.1, 0.15) is 28.5 Å². The highest BCUT2D eigenvalue weighted by Gasteiger charge is 2.32.